The number of piperidine rings is 1. The summed E-state index contributed by atoms with van der Waals surface area (Å²) in [6.07, 6.45) is 5.14. The van der Waals surface area contributed by atoms with Gasteiger partial charge in [-0.3, -0.25) is 9.69 Å². The average molecular weight is 246 g/mol. The molecule has 2 unspecified atom stereocenters. The summed E-state index contributed by atoms with van der Waals surface area (Å²) >= 11 is 0. The van der Waals surface area contributed by atoms with Crippen LogP contribution in [0.3, 0.4) is 0 Å². The number of nitrogens with zero attached hydrogens (tertiary/aromatic N) is 2. The fraction of sp³-hybridized carbons (Fsp3) is 0.667. The SMILES string of the molecule is CCC1Cn2c(cccc2=O)CN2CCCCC12. The molecule has 1 saturated heterocycles. The summed E-state index contributed by atoms with van der Waals surface area (Å²) in [5.41, 5.74) is 1.37. The molecular formula is C15H22N2O. The molecule has 98 valence electrons. The van der Waals surface area contributed by atoms with Gasteiger partial charge in [0.25, 0.3) is 5.56 Å². The van der Waals surface area contributed by atoms with Gasteiger partial charge in [-0.25, -0.2) is 0 Å². The second kappa shape index (κ2) is 4.88. The molecule has 0 aromatic carbocycles. The Hall–Kier alpha value is -1.09. The minimum atomic E-state index is 0.172. The van der Waals surface area contributed by atoms with E-state index in [1.54, 1.807) is 6.07 Å². The highest BCUT2D eigenvalue weighted by molar-refractivity contribution is 5.09. The topological polar surface area (TPSA) is 25.2 Å². The summed E-state index contributed by atoms with van der Waals surface area (Å²) in [7, 11) is 0. The molecule has 3 nitrogen and oxygen atoms in total. The van der Waals surface area contributed by atoms with Crippen LogP contribution >= 0.6 is 0 Å². The van der Waals surface area contributed by atoms with Gasteiger partial charge in [0.1, 0.15) is 0 Å². The van der Waals surface area contributed by atoms with E-state index >= 15 is 0 Å². The van der Waals surface area contributed by atoms with E-state index < -0.39 is 0 Å². The summed E-state index contributed by atoms with van der Waals surface area (Å²) in [5.74, 6) is 0.631. The fourth-order valence-electron chi connectivity index (χ4n) is 3.62. The molecule has 0 bridgehead atoms. The van der Waals surface area contributed by atoms with Crippen molar-refractivity contribution in [1.82, 2.24) is 9.47 Å². The van der Waals surface area contributed by atoms with Crippen LogP contribution in [0.1, 0.15) is 38.3 Å². The minimum Gasteiger partial charge on any atom is -0.311 e. The molecule has 1 aromatic rings. The predicted octanol–water partition coefficient (Wildman–Crippen LogP) is 2.24. The zero-order valence-corrected chi connectivity index (χ0v) is 11.1. The van der Waals surface area contributed by atoms with Crippen molar-refractivity contribution in [2.45, 2.75) is 51.7 Å². The molecule has 2 aliphatic heterocycles. The molecule has 3 rings (SSSR count). The Morgan fingerprint density at radius 1 is 1.33 bits per heavy atom. The van der Waals surface area contributed by atoms with Gasteiger partial charge < -0.3 is 4.57 Å². The molecule has 0 saturated carbocycles. The van der Waals surface area contributed by atoms with E-state index in [1.165, 1.54) is 37.9 Å². The van der Waals surface area contributed by atoms with Crippen molar-refractivity contribution in [2.75, 3.05) is 6.54 Å². The first-order valence-electron chi connectivity index (χ1n) is 7.22. The Balaban J connectivity index is 2.01. The molecule has 2 atom stereocenters. The van der Waals surface area contributed by atoms with Crippen LogP contribution < -0.4 is 5.56 Å². The first kappa shape index (κ1) is 12.0. The lowest BCUT2D eigenvalue weighted by Crippen LogP contribution is -2.42. The molecule has 0 radical (unpaired) electrons. The van der Waals surface area contributed by atoms with E-state index in [0.717, 1.165) is 13.1 Å². The second-order valence-electron chi connectivity index (χ2n) is 5.67. The average Bonchev–Trinajstić information content (AvgIpc) is 2.55. The first-order chi connectivity index (χ1) is 8.79. The lowest BCUT2D eigenvalue weighted by Gasteiger charge is -2.38. The van der Waals surface area contributed by atoms with Crippen molar-refractivity contribution in [1.29, 1.82) is 0 Å². The fourth-order valence-corrected chi connectivity index (χ4v) is 3.62. The molecule has 0 aliphatic carbocycles. The van der Waals surface area contributed by atoms with Gasteiger partial charge >= 0.3 is 0 Å². The zero-order valence-electron chi connectivity index (χ0n) is 11.1. The number of pyridine rings is 1. The maximum atomic E-state index is 12.0. The van der Waals surface area contributed by atoms with Gasteiger partial charge in [0.2, 0.25) is 0 Å². The van der Waals surface area contributed by atoms with Crippen LogP contribution in [0, 0.1) is 5.92 Å². The van der Waals surface area contributed by atoms with Crippen LogP contribution in [0.4, 0.5) is 0 Å². The second-order valence-corrected chi connectivity index (χ2v) is 5.67. The van der Waals surface area contributed by atoms with Gasteiger partial charge in [0.05, 0.1) is 0 Å². The maximum Gasteiger partial charge on any atom is 0.250 e. The standard InChI is InChI=1S/C15H22N2O/c1-2-12-10-17-13(6-5-8-15(17)18)11-16-9-4-3-7-14(12)16/h5-6,8,12,14H,2-4,7,9-11H2,1H3. The van der Waals surface area contributed by atoms with Crippen molar-refractivity contribution in [3.63, 3.8) is 0 Å². The van der Waals surface area contributed by atoms with Crippen molar-refractivity contribution < 1.29 is 0 Å². The molecule has 18 heavy (non-hydrogen) atoms. The highest BCUT2D eigenvalue weighted by Crippen LogP contribution is 2.30. The molecule has 0 spiro atoms. The lowest BCUT2D eigenvalue weighted by molar-refractivity contribution is 0.0950. The van der Waals surface area contributed by atoms with Gasteiger partial charge in [0.15, 0.2) is 0 Å². The number of aromatic nitrogens is 1. The first-order valence-corrected chi connectivity index (χ1v) is 7.22. The highest BCUT2D eigenvalue weighted by atomic mass is 16.1. The maximum absolute atomic E-state index is 12.0. The smallest absolute Gasteiger partial charge is 0.250 e. The van der Waals surface area contributed by atoms with Gasteiger partial charge in [-0.05, 0) is 31.4 Å². The monoisotopic (exact) mass is 246 g/mol. The Labute approximate surface area is 108 Å². The van der Waals surface area contributed by atoms with Crippen LogP contribution in [0.15, 0.2) is 23.0 Å². The van der Waals surface area contributed by atoms with E-state index in [0.29, 0.717) is 12.0 Å². The minimum absolute atomic E-state index is 0.172. The Kier molecular flexibility index (Phi) is 3.25. The summed E-state index contributed by atoms with van der Waals surface area (Å²) in [6.45, 7) is 5.32. The summed E-state index contributed by atoms with van der Waals surface area (Å²) in [6, 6.07) is 6.40. The molecule has 1 fully saturated rings. The van der Waals surface area contributed by atoms with Gasteiger partial charge in [-0.1, -0.05) is 25.8 Å². The Bertz CT molecular complexity index is 480. The van der Waals surface area contributed by atoms with E-state index in [1.807, 2.05) is 10.6 Å². The third kappa shape index (κ3) is 2.01. The predicted molar refractivity (Wildman–Crippen MR) is 72.5 cm³/mol. The summed E-state index contributed by atoms with van der Waals surface area (Å²) < 4.78 is 2.01. The van der Waals surface area contributed by atoms with Crippen LogP contribution in [-0.4, -0.2) is 22.1 Å². The van der Waals surface area contributed by atoms with Gasteiger partial charge in [-0.15, -0.1) is 0 Å². The molecule has 2 aliphatic rings. The Morgan fingerprint density at radius 3 is 3.06 bits per heavy atom. The molecule has 1 aromatic heterocycles. The van der Waals surface area contributed by atoms with Crippen LogP contribution in [0.5, 0.6) is 0 Å². The van der Waals surface area contributed by atoms with E-state index in [-0.39, 0.29) is 5.56 Å². The number of hydrogen-bond acceptors (Lipinski definition) is 2. The molecule has 0 amide bonds. The number of rotatable bonds is 1. The molecule has 3 heteroatoms. The highest BCUT2D eigenvalue weighted by Gasteiger charge is 2.32. The third-order valence-corrected chi connectivity index (χ3v) is 4.66. The summed E-state index contributed by atoms with van der Waals surface area (Å²) in [5, 5.41) is 0. The van der Waals surface area contributed by atoms with Crippen LogP contribution in [-0.2, 0) is 13.1 Å². The molecule has 0 N–H and O–H groups in total. The van der Waals surface area contributed by atoms with Gasteiger partial charge in [-0.2, -0.15) is 0 Å². The third-order valence-electron chi connectivity index (χ3n) is 4.66. The van der Waals surface area contributed by atoms with Crippen LogP contribution in [0.2, 0.25) is 0 Å². The number of fused-ring (bicyclic) bond motifs is 2. The van der Waals surface area contributed by atoms with Crippen molar-refractivity contribution in [2.24, 2.45) is 5.92 Å². The molecular weight excluding hydrogens is 224 g/mol. The van der Waals surface area contributed by atoms with Crippen molar-refractivity contribution in [3.8, 4) is 0 Å². The van der Waals surface area contributed by atoms with E-state index in [4.69, 9.17) is 0 Å². The van der Waals surface area contributed by atoms with Gasteiger partial charge in [0, 0.05) is 30.9 Å². The van der Waals surface area contributed by atoms with Crippen molar-refractivity contribution in [3.05, 3.63) is 34.2 Å². The Morgan fingerprint density at radius 2 is 2.22 bits per heavy atom. The zero-order chi connectivity index (χ0) is 12.5. The van der Waals surface area contributed by atoms with E-state index in [2.05, 4.69) is 17.9 Å². The number of hydrogen-bond donors (Lipinski definition) is 0. The lowest BCUT2D eigenvalue weighted by atomic mass is 9.89. The largest absolute Gasteiger partial charge is 0.311 e. The molecule has 3 heterocycles. The van der Waals surface area contributed by atoms with Crippen LogP contribution in [0.25, 0.3) is 0 Å². The normalized spacial score (nSPS) is 28.3. The quantitative estimate of drug-likeness (QED) is 0.759. The van der Waals surface area contributed by atoms with E-state index in [9.17, 15) is 4.79 Å². The summed E-state index contributed by atoms with van der Waals surface area (Å²) in [4.78, 5) is 14.6. The van der Waals surface area contributed by atoms with Crippen molar-refractivity contribution >= 4 is 0 Å².